The van der Waals surface area contributed by atoms with Crippen LogP contribution in [0.5, 0.6) is 5.75 Å². The van der Waals surface area contributed by atoms with Crippen LogP contribution in [0.4, 0.5) is 4.39 Å². The molecule has 2 atom stereocenters. The lowest BCUT2D eigenvalue weighted by atomic mass is 10.0. The van der Waals surface area contributed by atoms with Crippen molar-refractivity contribution in [2.45, 2.75) is 31.9 Å². The summed E-state index contributed by atoms with van der Waals surface area (Å²) in [5.74, 6) is 0.657. The van der Waals surface area contributed by atoms with Crippen molar-refractivity contribution in [1.82, 2.24) is 5.32 Å². The maximum absolute atomic E-state index is 12.9. The summed E-state index contributed by atoms with van der Waals surface area (Å²) in [6, 6.07) is 5.16. The molecule has 1 heterocycles. The van der Waals surface area contributed by atoms with Gasteiger partial charge in [0.1, 0.15) is 17.7 Å². The molecule has 1 aromatic carbocycles. The van der Waals surface area contributed by atoms with Gasteiger partial charge < -0.3 is 10.1 Å². The molecular weight excluding hydrogens is 193 g/mol. The van der Waals surface area contributed by atoms with Gasteiger partial charge in [-0.3, -0.25) is 0 Å². The van der Waals surface area contributed by atoms with Crippen molar-refractivity contribution in [2.75, 3.05) is 7.05 Å². The summed E-state index contributed by atoms with van der Waals surface area (Å²) < 4.78 is 18.7. The summed E-state index contributed by atoms with van der Waals surface area (Å²) in [4.78, 5) is 0. The first-order chi connectivity index (χ1) is 7.19. The predicted molar refractivity (Wildman–Crippen MR) is 57.7 cm³/mol. The fourth-order valence-corrected chi connectivity index (χ4v) is 1.93. The second-order valence-corrected chi connectivity index (χ2v) is 4.12. The van der Waals surface area contributed by atoms with Crippen LogP contribution >= 0.6 is 0 Å². The predicted octanol–water partition coefficient (Wildman–Crippen LogP) is 2.13. The van der Waals surface area contributed by atoms with Crippen molar-refractivity contribution in [1.29, 1.82) is 0 Å². The van der Waals surface area contributed by atoms with E-state index < -0.39 is 0 Å². The van der Waals surface area contributed by atoms with Crippen LogP contribution in [0.25, 0.3) is 0 Å². The van der Waals surface area contributed by atoms with Gasteiger partial charge in [-0.1, -0.05) is 0 Å². The van der Waals surface area contributed by atoms with E-state index in [1.54, 1.807) is 12.1 Å². The van der Waals surface area contributed by atoms with E-state index in [0.29, 0.717) is 6.04 Å². The van der Waals surface area contributed by atoms with E-state index in [4.69, 9.17) is 4.74 Å². The molecule has 2 rings (SSSR count). The van der Waals surface area contributed by atoms with Crippen LogP contribution in [0.1, 0.15) is 18.9 Å². The smallest absolute Gasteiger partial charge is 0.123 e. The molecule has 1 aliphatic rings. The van der Waals surface area contributed by atoms with Crippen molar-refractivity contribution >= 4 is 0 Å². The van der Waals surface area contributed by atoms with Crippen molar-refractivity contribution in [3.8, 4) is 5.75 Å². The normalized spacial score (nSPS) is 20.9. The largest absolute Gasteiger partial charge is 0.490 e. The zero-order chi connectivity index (χ0) is 10.8. The summed E-state index contributed by atoms with van der Waals surface area (Å²) >= 11 is 0. The second kappa shape index (κ2) is 4.19. The Labute approximate surface area is 89.4 Å². The molecule has 0 saturated heterocycles. The Morgan fingerprint density at radius 3 is 3.13 bits per heavy atom. The van der Waals surface area contributed by atoms with Gasteiger partial charge >= 0.3 is 0 Å². The van der Waals surface area contributed by atoms with Gasteiger partial charge in [-0.15, -0.1) is 0 Å². The molecule has 0 bridgehead atoms. The maximum atomic E-state index is 12.9. The van der Waals surface area contributed by atoms with Crippen LogP contribution in [0.2, 0.25) is 0 Å². The van der Waals surface area contributed by atoms with E-state index >= 15 is 0 Å². The molecule has 2 unspecified atom stereocenters. The molecule has 82 valence electrons. The highest BCUT2D eigenvalue weighted by Crippen LogP contribution is 2.30. The molecular formula is C12H16FNO. The van der Waals surface area contributed by atoms with Gasteiger partial charge in [0.2, 0.25) is 0 Å². The van der Waals surface area contributed by atoms with Crippen LogP contribution < -0.4 is 10.1 Å². The number of hydrogen-bond donors (Lipinski definition) is 1. The Hall–Kier alpha value is -1.09. The third-order valence-corrected chi connectivity index (χ3v) is 2.87. The molecule has 0 fully saturated rings. The second-order valence-electron chi connectivity index (χ2n) is 4.12. The van der Waals surface area contributed by atoms with Crippen molar-refractivity contribution in [2.24, 2.45) is 0 Å². The first kappa shape index (κ1) is 10.4. The Morgan fingerprint density at radius 1 is 1.60 bits per heavy atom. The Bertz CT molecular complexity index is 353. The fourth-order valence-electron chi connectivity index (χ4n) is 1.93. The molecule has 2 nitrogen and oxygen atoms in total. The molecule has 3 heteroatoms. The molecule has 1 aromatic rings. The molecule has 0 aliphatic carbocycles. The van der Waals surface area contributed by atoms with Crippen LogP contribution in [0.15, 0.2) is 18.2 Å². The summed E-state index contributed by atoms with van der Waals surface area (Å²) in [6.07, 6.45) is 1.95. The lowest BCUT2D eigenvalue weighted by Crippen LogP contribution is -2.28. The van der Waals surface area contributed by atoms with Gasteiger partial charge in [0.15, 0.2) is 0 Å². The van der Waals surface area contributed by atoms with Gasteiger partial charge in [0.05, 0.1) is 0 Å². The highest BCUT2D eigenvalue weighted by molar-refractivity contribution is 5.37. The summed E-state index contributed by atoms with van der Waals surface area (Å²) in [6.45, 7) is 2.12. The SMILES string of the molecule is CNC(C)CC1Cc2cc(F)ccc2O1. The Kier molecular flexibility index (Phi) is 2.91. The minimum absolute atomic E-state index is 0.181. The van der Waals surface area contributed by atoms with E-state index in [1.165, 1.54) is 6.07 Å². The number of rotatable bonds is 3. The van der Waals surface area contributed by atoms with E-state index in [2.05, 4.69) is 12.2 Å². The zero-order valence-electron chi connectivity index (χ0n) is 9.09. The number of fused-ring (bicyclic) bond motifs is 1. The van der Waals surface area contributed by atoms with Crippen LogP contribution in [-0.4, -0.2) is 19.2 Å². The number of benzene rings is 1. The quantitative estimate of drug-likeness (QED) is 0.823. The molecule has 15 heavy (non-hydrogen) atoms. The van der Waals surface area contributed by atoms with Crippen LogP contribution in [0.3, 0.4) is 0 Å². The molecule has 0 spiro atoms. The van der Waals surface area contributed by atoms with E-state index in [1.807, 2.05) is 7.05 Å². The standard InChI is InChI=1S/C12H16FNO/c1-8(14-2)5-11-7-9-6-10(13)3-4-12(9)15-11/h3-4,6,8,11,14H,5,7H2,1-2H3. The maximum Gasteiger partial charge on any atom is 0.123 e. The van der Waals surface area contributed by atoms with Crippen molar-refractivity contribution in [3.63, 3.8) is 0 Å². The van der Waals surface area contributed by atoms with Gasteiger partial charge in [-0.05, 0) is 38.6 Å². The first-order valence-corrected chi connectivity index (χ1v) is 5.31. The molecule has 0 radical (unpaired) electrons. The highest BCUT2D eigenvalue weighted by atomic mass is 19.1. The van der Waals surface area contributed by atoms with Crippen molar-refractivity contribution in [3.05, 3.63) is 29.6 Å². The topological polar surface area (TPSA) is 21.3 Å². The lowest BCUT2D eigenvalue weighted by Gasteiger charge is -2.15. The van der Waals surface area contributed by atoms with Gasteiger partial charge in [-0.2, -0.15) is 0 Å². The number of nitrogens with one attached hydrogen (secondary N) is 1. The Morgan fingerprint density at radius 2 is 2.40 bits per heavy atom. The Balaban J connectivity index is 2.03. The van der Waals surface area contributed by atoms with Crippen LogP contribution in [-0.2, 0) is 6.42 Å². The highest BCUT2D eigenvalue weighted by Gasteiger charge is 2.24. The molecule has 1 aliphatic heterocycles. The monoisotopic (exact) mass is 209 g/mol. The van der Waals surface area contributed by atoms with E-state index in [-0.39, 0.29) is 11.9 Å². The summed E-state index contributed by atoms with van der Waals surface area (Å²) in [5.41, 5.74) is 0.989. The lowest BCUT2D eigenvalue weighted by molar-refractivity contribution is 0.207. The third-order valence-electron chi connectivity index (χ3n) is 2.87. The average Bonchev–Trinajstić information content (AvgIpc) is 2.59. The zero-order valence-corrected chi connectivity index (χ0v) is 9.09. The third kappa shape index (κ3) is 2.29. The minimum atomic E-state index is -0.181. The molecule has 1 N–H and O–H groups in total. The number of ether oxygens (including phenoxy) is 1. The number of halogens is 1. The van der Waals surface area contributed by atoms with Crippen molar-refractivity contribution < 1.29 is 9.13 Å². The first-order valence-electron chi connectivity index (χ1n) is 5.31. The fraction of sp³-hybridized carbons (Fsp3) is 0.500. The average molecular weight is 209 g/mol. The summed E-state index contributed by atoms with van der Waals surface area (Å²) in [5, 5.41) is 3.18. The van der Waals surface area contributed by atoms with E-state index in [0.717, 1.165) is 24.2 Å². The van der Waals surface area contributed by atoms with Gasteiger partial charge in [-0.25, -0.2) is 4.39 Å². The van der Waals surface area contributed by atoms with Gasteiger partial charge in [0.25, 0.3) is 0 Å². The minimum Gasteiger partial charge on any atom is -0.490 e. The summed E-state index contributed by atoms with van der Waals surface area (Å²) in [7, 11) is 1.94. The molecule has 0 aromatic heterocycles. The molecule has 0 saturated carbocycles. The van der Waals surface area contributed by atoms with E-state index in [9.17, 15) is 4.39 Å². The van der Waals surface area contributed by atoms with Crippen LogP contribution in [0, 0.1) is 5.82 Å². The molecule has 0 amide bonds. The van der Waals surface area contributed by atoms with Gasteiger partial charge in [0, 0.05) is 18.0 Å². The number of hydrogen-bond acceptors (Lipinski definition) is 2.